The Morgan fingerprint density at radius 2 is 1.79 bits per heavy atom. The summed E-state index contributed by atoms with van der Waals surface area (Å²) in [5.41, 5.74) is 1.70. The number of halogens is 3. The number of nitrogens with zero attached hydrogens (tertiary/aromatic N) is 5. The monoisotopic (exact) mass is 612 g/mol. The second kappa shape index (κ2) is 11.5. The van der Waals surface area contributed by atoms with E-state index < -0.39 is 38.3 Å². The topological polar surface area (TPSA) is 118 Å². The molecule has 1 fully saturated rings. The van der Waals surface area contributed by atoms with Gasteiger partial charge < -0.3 is 14.5 Å². The molecular formula is C29H27F3N6O4S. The first-order valence-corrected chi connectivity index (χ1v) is 14.6. The Morgan fingerprint density at radius 1 is 1.02 bits per heavy atom. The SMILES string of the molecule is C=C(F)C(=O)N1C[C@H](C)N(c2ncnc3ccc(-c4cnc(OC)c(NS(=O)(=O)c5ccc(F)cc5F)c4)cc23)C[C@H]1C. The fraction of sp³-hybridized carbons (Fsp3) is 0.241. The summed E-state index contributed by atoms with van der Waals surface area (Å²) in [6.45, 7) is 7.49. The molecule has 43 heavy (non-hydrogen) atoms. The van der Waals surface area contributed by atoms with Crippen molar-refractivity contribution < 1.29 is 31.1 Å². The van der Waals surface area contributed by atoms with Crippen molar-refractivity contribution >= 4 is 38.3 Å². The molecule has 0 unspecified atom stereocenters. The van der Waals surface area contributed by atoms with E-state index in [1.54, 1.807) is 12.1 Å². The van der Waals surface area contributed by atoms with Crippen molar-refractivity contribution in [3.05, 3.63) is 79.0 Å². The number of nitrogens with one attached hydrogen (secondary N) is 1. The van der Waals surface area contributed by atoms with Crippen LogP contribution in [0.1, 0.15) is 13.8 Å². The molecule has 2 aromatic heterocycles. The van der Waals surface area contributed by atoms with Crippen LogP contribution in [0.2, 0.25) is 0 Å². The zero-order valence-electron chi connectivity index (χ0n) is 23.4. The number of sulfonamides is 1. The van der Waals surface area contributed by atoms with Crippen molar-refractivity contribution in [1.82, 2.24) is 19.9 Å². The van der Waals surface area contributed by atoms with Gasteiger partial charge in [0.25, 0.3) is 15.9 Å². The van der Waals surface area contributed by atoms with Gasteiger partial charge in [0.1, 0.15) is 34.4 Å². The average molecular weight is 613 g/mol. The number of hydrogen-bond donors (Lipinski definition) is 1. The third-order valence-electron chi connectivity index (χ3n) is 7.17. The fourth-order valence-electron chi connectivity index (χ4n) is 5.05. The Balaban J connectivity index is 1.51. The van der Waals surface area contributed by atoms with Gasteiger partial charge in [-0.15, -0.1) is 0 Å². The van der Waals surface area contributed by atoms with Gasteiger partial charge in [0.2, 0.25) is 5.88 Å². The molecule has 0 radical (unpaired) electrons. The zero-order chi connectivity index (χ0) is 31.1. The third kappa shape index (κ3) is 5.82. The maximum atomic E-state index is 14.3. The smallest absolute Gasteiger partial charge is 0.282 e. The highest BCUT2D eigenvalue weighted by molar-refractivity contribution is 7.92. The summed E-state index contributed by atoms with van der Waals surface area (Å²) >= 11 is 0. The van der Waals surface area contributed by atoms with Crippen LogP contribution in [0.25, 0.3) is 22.0 Å². The van der Waals surface area contributed by atoms with Crippen LogP contribution in [0.5, 0.6) is 5.88 Å². The molecule has 0 saturated carbocycles. The fourth-order valence-corrected chi connectivity index (χ4v) is 6.16. The Bertz CT molecular complexity index is 1860. The van der Waals surface area contributed by atoms with E-state index >= 15 is 0 Å². The number of aromatic nitrogens is 3. The second-order valence-electron chi connectivity index (χ2n) is 10.1. The van der Waals surface area contributed by atoms with E-state index in [4.69, 9.17) is 4.74 Å². The van der Waals surface area contributed by atoms with Gasteiger partial charge in [-0.25, -0.2) is 36.5 Å². The molecule has 3 heterocycles. The summed E-state index contributed by atoms with van der Waals surface area (Å²) < 4.78 is 74.7. The largest absolute Gasteiger partial charge is 0.480 e. The summed E-state index contributed by atoms with van der Waals surface area (Å²) in [5.74, 6) is -3.38. The number of fused-ring (bicyclic) bond motifs is 1. The number of carbonyl (C=O) groups excluding carboxylic acids is 1. The third-order valence-corrected chi connectivity index (χ3v) is 8.57. The Hall–Kier alpha value is -4.72. The van der Waals surface area contributed by atoms with Crippen LogP contribution >= 0.6 is 0 Å². The minimum Gasteiger partial charge on any atom is -0.480 e. The predicted molar refractivity (Wildman–Crippen MR) is 155 cm³/mol. The van der Waals surface area contributed by atoms with Gasteiger partial charge in [-0.1, -0.05) is 12.6 Å². The normalized spacial score (nSPS) is 17.2. The van der Waals surface area contributed by atoms with Crippen molar-refractivity contribution in [2.45, 2.75) is 30.8 Å². The molecule has 1 saturated heterocycles. The maximum absolute atomic E-state index is 14.3. The van der Waals surface area contributed by atoms with Gasteiger partial charge >= 0.3 is 0 Å². The molecule has 1 aliphatic rings. The number of amides is 1. The maximum Gasteiger partial charge on any atom is 0.282 e. The molecule has 1 aliphatic heterocycles. The van der Waals surface area contributed by atoms with Gasteiger partial charge in [-0.05, 0) is 49.7 Å². The molecule has 4 aromatic rings. The van der Waals surface area contributed by atoms with Crippen molar-refractivity contribution in [3.63, 3.8) is 0 Å². The van der Waals surface area contributed by atoms with E-state index in [2.05, 4.69) is 26.3 Å². The van der Waals surface area contributed by atoms with Crippen molar-refractivity contribution in [2.24, 2.45) is 0 Å². The van der Waals surface area contributed by atoms with Crippen molar-refractivity contribution in [3.8, 4) is 17.0 Å². The molecule has 5 rings (SSSR count). The first kappa shape index (κ1) is 29.8. The number of carbonyl (C=O) groups is 1. The highest BCUT2D eigenvalue weighted by Crippen LogP contribution is 2.34. The van der Waals surface area contributed by atoms with Crippen molar-refractivity contribution in [2.75, 3.05) is 29.8 Å². The van der Waals surface area contributed by atoms with E-state index in [1.807, 2.05) is 24.8 Å². The van der Waals surface area contributed by atoms with Crippen LogP contribution in [-0.4, -0.2) is 66.5 Å². The number of rotatable bonds is 7. The van der Waals surface area contributed by atoms with Gasteiger partial charge in [0.15, 0.2) is 5.83 Å². The van der Waals surface area contributed by atoms with Crippen LogP contribution in [0.4, 0.5) is 24.7 Å². The van der Waals surface area contributed by atoms with E-state index in [0.29, 0.717) is 40.5 Å². The molecule has 2 aromatic carbocycles. The quantitative estimate of drug-likeness (QED) is 0.299. The second-order valence-corrected chi connectivity index (χ2v) is 11.8. The molecule has 0 aliphatic carbocycles. The lowest BCUT2D eigenvalue weighted by Crippen LogP contribution is -2.58. The molecule has 14 heteroatoms. The van der Waals surface area contributed by atoms with Crippen LogP contribution in [-0.2, 0) is 14.8 Å². The van der Waals surface area contributed by atoms with Gasteiger partial charge in [-0.2, -0.15) is 0 Å². The molecule has 10 nitrogen and oxygen atoms in total. The summed E-state index contributed by atoms with van der Waals surface area (Å²) in [4.78, 5) is 28.1. The summed E-state index contributed by atoms with van der Waals surface area (Å²) in [5, 5.41) is 0.681. The highest BCUT2D eigenvalue weighted by atomic mass is 32.2. The number of benzene rings is 2. The molecular weight excluding hydrogens is 585 g/mol. The lowest BCUT2D eigenvalue weighted by atomic mass is 10.0. The number of anilines is 2. The number of ether oxygens (including phenoxy) is 1. The Kier molecular flexibility index (Phi) is 7.97. The lowest BCUT2D eigenvalue weighted by Gasteiger charge is -2.44. The van der Waals surface area contributed by atoms with Crippen molar-refractivity contribution in [1.29, 1.82) is 0 Å². The van der Waals surface area contributed by atoms with E-state index in [9.17, 15) is 26.4 Å². The minimum absolute atomic E-state index is 0.0638. The van der Waals surface area contributed by atoms with Gasteiger partial charge in [0, 0.05) is 48.4 Å². The Labute approximate surface area is 245 Å². The standard InChI is InChI=1S/C29H27F3N6O4S/c1-16-14-38(29(39)18(3)30)17(2)13-37(16)27-22-9-19(5-7-24(22)34-15-35-27)20-10-25(28(42-4)33-12-20)36-43(40,41)26-8-6-21(31)11-23(26)32/h5-12,15-17,36H,3,13-14H2,1-2,4H3/t16-,17+/m0/s1. The molecule has 1 amide bonds. The highest BCUT2D eigenvalue weighted by Gasteiger charge is 2.34. The number of pyridine rings is 1. The summed E-state index contributed by atoms with van der Waals surface area (Å²) in [6, 6.07) is 8.47. The van der Waals surface area contributed by atoms with Crippen LogP contribution in [0, 0.1) is 11.6 Å². The van der Waals surface area contributed by atoms with E-state index in [1.165, 1.54) is 30.6 Å². The number of hydrogen-bond acceptors (Lipinski definition) is 8. The van der Waals surface area contributed by atoms with E-state index in [-0.39, 0.29) is 30.2 Å². The molecule has 2 atom stereocenters. The summed E-state index contributed by atoms with van der Waals surface area (Å²) in [6.07, 6.45) is 2.92. The Morgan fingerprint density at radius 3 is 2.49 bits per heavy atom. The molecule has 224 valence electrons. The van der Waals surface area contributed by atoms with Crippen LogP contribution in [0.3, 0.4) is 0 Å². The van der Waals surface area contributed by atoms with Crippen LogP contribution in [0.15, 0.2) is 72.3 Å². The zero-order valence-corrected chi connectivity index (χ0v) is 24.2. The average Bonchev–Trinajstić information content (AvgIpc) is 2.96. The van der Waals surface area contributed by atoms with E-state index in [0.717, 1.165) is 12.1 Å². The molecule has 0 spiro atoms. The molecule has 1 N–H and O–H groups in total. The first-order chi connectivity index (χ1) is 20.4. The lowest BCUT2D eigenvalue weighted by molar-refractivity contribution is -0.131. The number of methoxy groups -OCH3 is 1. The molecule has 0 bridgehead atoms. The summed E-state index contributed by atoms with van der Waals surface area (Å²) in [7, 11) is -3.17. The van der Waals surface area contributed by atoms with Gasteiger partial charge in [-0.3, -0.25) is 9.52 Å². The number of piperazine rings is 1. The van der Waals surface area contributed by atoms with Gasteiger partial charge in [0.05, 0.1) is 12.6 Å². The predicted octanol–water partition coefficient (Wildman–Crippen LogP) is 4.69. The minimum atomic E-state index is -4.47. The first-order valence-electron chi connectivity index (χ1n) is 13.1. The van der Waals surface area contributed by atoms with Crippen LogP contribution < -0.4 is 14.4 Å².